The highest BCUT2D eigenvalue weighted by Gasteiger charge is 2.16. The number of nitrogens with zero attached hydrogens (tertiary/aromatic N) is 5. The van der Waals surface area contributed by atoms with E-state index in [0.29, 0.717) is 33.6 Å². The van der Waals surface area contributed by atoms with Crippen LogP contribution in [0.1, 0.15) is 21.7 Å². The number of benzene rings is 1. The molecule has 0 aliphatic heterocycles. The quantitative estimate of drug-likeness (QED) is 0.524. The molecule has 3 aromatic heterocycles. The molecular weight excluding hydrogens is 349 g/mol. The first-order chi connectivity index (χ1) is 11.6. The van der Waals surface area contributed by atoms with E-state index in [1.165, 1.54) is 6.20 Å². The van der Waals surface area contributed by atoms with E-state index < -0.39 is 0 Å². The molecule has 0 N–H and O–H groups in total. The Balaban J connectivity index is 1.89. The van der Waals surface area contributed by atoms with Crippen LogP contribution in [0.15, 0.2) is 30.7 Å². The summed E-state index contributed by atoms with van der Waals surface area (Å²) < 4.78 is 3.43. The van der Waals surface area contributed by atoms with Gasteiger partial charge in [-0.3, -0.25) is 9.20 Å². The number of hydrogen-bond donors (Lipinski definition) is 0. The maximum Gasteiger partial charge on any atom is 0.168 e. The van der Waals surface area contributed by atoms with E-state index in [1.807, 2.05) is 13.0 Å². The van der Waals surface area contributed by atoms with E-state index in [0.717, 1.165) is 22.9 Å². The Labute approximate surface area is 146 Å². The monoisotopic (exact) mass is 359 g/mol. The second kappa shape index (κ2) is 5.58. The van der Waals surface area contributed by atoms with Gasteiger partial charge in [0.1, 0.15) is 12.0 Å². The molecular formula is C16H11Cl2N5O. The molecule has 0 radical (unpaired) electrons. The van der Waals surface area contributed by atoms with Crippen molar-refractivity contribution in [2.75, 3.05) is 0 Å². The van der Waals surface area contributed by atoms with Crippen LogP contribution in [0.25, 0.3) is 16.7 Å². The molecule has 24 heavy (non-hydrogen) atoms. The fourth-order valence-corrected chi connectivity index (χ4v) is 3.23. The molecule has 0 bridgehead atoms. The molecule has 3 heterocycles. The lowest BCUT2D eigenvalue weighted by molar-refractivity contribution is 0.111. The predicted octanol–water partition coefficient (Wildman–Crippen LogP) is 3.56. The minimum atomic E-state index is 0.451. The van der Waals surface area contributed by atoms with Crippen molar-refractivity contribution >= 4 is 46.2 Å². The van der Waals surface area contributed by atoms with Crippen LogP contribution in [0.3, 0.4) is 0 Å². The van der Waals surface area contributed by atoms with E-state index in [-0.39, 0.29) is 0 Å². The number of carbonyl (C=O) groups excluding carboxylic acids is 1. The molecule has 120 valence electrons. The summed E-state index contributed by atoms with van der Waals surface area (Å²) in [5.74, 6) is 0. The summed E-state index contributed by atoms with van der Waals surface area (Å²) in [5, 5.41) is 6.53. The van der Waals surface area contributed by atoms with Crippen molar-refractivity contribution in [2.45, 2.75) is 13.5 Å². The van der Waals surface area contributed by atoms with Crippen molar-refractivity contribution in [3.05, 3.63) is 57.7 Å². The van der Waals surface area contributed by atoms with Crippen LogP contribution < -0.4 is 0 Å². The lowest BCUT2D eigenvalue weighted by Gasteiger charge is -2.06. The first kappa shape index (κ1) is 15.1. The number of aryl methyl sites for hydroxylation is 1. The van der Waals surface area contributed by atoms with Crippen LogP contribution in [-0.4, -0.2) is 30.4 Å². The van der Waals surface area contributed by atoms with Gasteiger partial charge in [-0.2, -0.15) is 5.10 Å². The zero-order valence-electron chi connectivity index (χ0n) is 12.6. The molecule has 0 saturated heterocycles. The fourth-order valence-electron chi connectivity index (χ4n) is 2.76. The van der Waals surface area contributed by atoms with Crippen molar-refractivity contribution in [1.82, 2.24) is 24.1 Å². The first-order valence-corrected chi connectivity index (χ1v) is 7.92. The van der Waals surface area contributed by atoms with Crippen LogP contribution in [0.5, 0.6) is 0 Å². The highest BCUT2D eigenvalue weighted by molar-refractivity contribution is 6.35. The molecule has 0 aliphatic carbocycles. The minimum Gasteiger partial charge on any atom is -0.296 e. The summed E-state index contributed by atoms with van der Waals surface area (Å²) in [6.45, 7) is 2.35. The highest BCUT2D eigenvalue weighted by atomic mass is 35.5. The molecule has 8 heteroatoms. The molecule has 0 amide bonds. The van der Waals surface area contributed by atoms with Gasteiger partial charge in [0.25, 0.3) is 0 Å². The normalized spacial score (nSPS) is 11.5. The van der Waals surface area contributed by atoms with Crippen LogP contribution in [0, 0.1) is 6.92 Å². The maximum atomic E-state index is 11.1. The molecule has 1 aromatic carbocycles. The van der Waals surface area contributed by atoms with E-state index in [1.54, 1.807) is 27.5 Å². The van der Waals surface area contributed by atoms with Gasteiger partial charge < -0.3 is 0 Å². The van der Waals surface area contributed by atoms with Crippen molar-refractivity contribution < 1.29 is 4.79 Å². The average Bonchev–Trinajstić information content (AvgIpc) is 3.11. The van der Waals surface area contributed by atoms with Crippen molar-refractivity contribution in [3.63, 3.8) is 0 Å². The topological polar surface area (TPSA) is 65.1 Å². The maximum absolute atomic E-state index is 11.1. The highest BCUT2D eigenvalue weighted by Crippen LogP contribution is 2.25. The van der Waals surface area contributed by atoms with E-state index in [2.05, 4.69) is 15.1 Å². The van der Waals surface area contributed by atoms with E-state index in [9.17, 15) is 4.79 Å². The van der Waals surface area contributed by atoms with Gasteiger partial charge in [-0.15, -0.1) is 0 Å². The Kier molecular flexibility index (Phi) is 3.51. The summed E-state index contributed by atoms with van der Waals surface area (Å²) in [6.07, 6.45) is 3.85. The largest absolute Gasteiger partial charge is 0.296 e. The summed E-state index contributed by atoms with van der Waals surface area (Å²) in [7, 11) is 0. The molecule has 4 rings (SSSR count). The first-order valence-electron chi connectivity index (χ1n) is 7.17. The number of rotatable bonds is 3. The number of aromatic nitrogens is 5. The molecule has 0 unspecified atom stereocenters. The van der Waals surface area contributed by atoms with Gasteiger partial charge in [0.2, 0.25) is 0 Å². The van der Waals surface area contributed by atoms with Crippen molar-refractivity contribution in [3.8, 4) is 0 Å². The van der Waals surface area contributed by atoms with Gasteiger partial charge in [0, 0.05) is 10.0 Å². The Morgan fingerprint density at radius 3 is 2.79 bits per heavy atom. The molecule has 4 aromatic rings. The molecule has 0 aliphatic rings. The molecule has 6 nitrogen and oxygen atoms in total. The summed E-state index contributed by atoms with van der Waals surface area (Å²) in [5.41, 5.74) is 3.48. The van der Waals surface area contributed by atoms with Gasteiger partial charge in [0.15, 0.2) is 17.6 Å². The third kappa shape index (κ3) is 2.26. The lowest BCUT2D eigenvalue weighted by atomic mass is 10.2. The van der Waals surface area contributed by atoms with E-state index in [4.69, 9.17) is 23.2 Å². The summed E-state index contributed by atoms with van der Waals surface area (Å²) in [4.78, 5) is 19.9. The average molecular weight is 360 g/mol. The lowest BCUT2D eigenvalue weighted by Crippen LogP contribution is -2.04. The number of imidazole rings is 1. The molecule has 0 spiro atoms. The second-order valence-electron chi connectivity index (χ2n) is 5.42. The Morgan fingerprint density at radius 1 is 1.21 bits per heavy atom. The Bertz CT molecular complexity index is 1100. The molecule has 0 atom stereocenters. The minimum absolute atomic E-state index is 0.451. The zero-order chi connectivity index (χ0) is 16.8. The molecule has 0 saturated carbocycles. The Hall–Kier alpha value is -2.44. The number of halogens is 2. The van der Waals surface area contributed by atoms with Crippen LogP contribution in [-0.2, 0) is 6.54 Å². The van der Waals surface area contributed by atoms with E-state index >= 15 is 0 Å². The predicted molar refractivity (Wildman–Crippen MR) is 92.0 cm³/mol. The number of hydrogen-bond acceptors (Lipinski definition) is 4. The van der Waals surface area contributed by atoms with Gasteiger partial charge in [-0.05, 0) is 24.6 Å². The van der Waals surface area contributed by atoms with Gasteiger partial charge >= 0.3 is 0 Å². The number of fused-ring (bicyclic) bond motifs is 3. The summed E-state index contributed by atoms with van der Waals surface area (Å²) in [6, 6.07) is 5.36. The number of aldehydes is 1. The summed E-state index contributed by atoms with van der Waals surface area (Å²) >= 11 is 12.2. The van der Waals surface area contributed by atoms with Gasteiger partial charge in [-0.1, -0.05) is 29.3 Å². The van der Waals surface area contributed by atoms with Crippen molar-refractivity contribution in [1.29, 1.82) is 0 Å². The molecule has 0 fully saturated rings. The van der Waals surface area contributed by atoms with Crippen LogP contribution >= 0.6 is 23.2 Å². The third-order valence-corrected chi connectivity index (χ3v) is 4.49. The van der Waals surface area contributed by atoms with Crippen molar-refractivity contribution in [2.24, 2.45) is 0 Å². The van der Waals surface area contributed by atoms with Gasteiger partial charge in [-0.25, -0.2) is 14.6 Å². The standard InChI is InChI=1S/C16H11Cl2N5O/c1-9-14-15-19-5-12(7-24)22(15)8-20-16(14)23(21-9)6-10-2-3-11(17)4-13(10)18/h2-5,7-8H,6H2,1H3. The zero-order valence-corrected chi connectivity index (χ0v) is 14.1. The second-order valence-corrected chi connectivity index (χ2v) is 6.26. The number of carbonyl (C=O) groups is 1. The fraction of sp³-hybridized carbons (Fsp3) is 0.125. The Morgan fingerprint density at radius 2 is 2.04 bits per heavy atom. The smallest absolute Gasteiger partial charge is 0.168 e. The third-order valence-electron chi connectivity index (χ3n) is 3.90. The van der Waals surface area contributed by atoms with Crippen LogP contribution in [0.4, 0.5) is 0 Å². The van der Waals surface area contributed by atoms with Gasteiger partial charge in [0.05, 0.1) is 23.8 Å². The van der Waals surface area contributed by atoms with Crippen LogP contribution in [0.2, 0.25) is 10.0 Å². The SMILES string of the molecule is Cc1nn(Cc2ccc(Cl)cc2Cl)c2ncn3c(C=O)cnc3c12.